The molecule has 0 fully saturated rings. The van der Waals surface area contributed by atoms with Crippen LogP contribution in [0.1, 0.15) is 0 Å². The molecule has 20 heavy (non-hydrogen) atoms. The van der Waals surface area contributed by atoms with Gasteiger partial charge in [-0.05, 0) is 12.1 Å². The first kappa shape index (κ1) is 16.8. The van der Waals surface area contributed by atoms with E-state index in [1.165, 1.54) is 24.3 Å². The molecule has 1 aromatic carbocycles. The molecular weight excluding hydrogens is 309 g/mol. The molecule has 0 saturated carbocycles. The van der Waals surface area contributed by atoms with Crippen LogP contribution in [0.25, 0.3) is 0 Å². The molecule has 0 aliphatic heterocycles. The first-order valence-electron chi connectivity index (χ1n) is 5.27. The molecule has 1 rings (SSSR count). The Morgan fingerprint density at radius 1 is 1.30 bits per heavy atom. The molecule has 0 heterocycles. The summed E-state index contributed by atoms with van der Waals surface area (Å²) in [6.07, 6.45) is 0. The number of rotatable bonds is 7. The number of nitrogens with two attached hydrogens (primary N) is 1. The summed E-state index contributed by atoms with van der Waals surface area (Å²) in [5.74, 6) is -2.83. The minimum absolute atomic E-state index is 0.167. The quantitative estimate of drug-likeness (QED) is 0.301. The maximum atomic E-state index is 11.9. The fraction of sp³-hybridized carbons (Fsp3) is 0.222. The maximum Gasteiger partial charge on any atom is 0.357 e. The number of nitrogens with one attached hydrogen (secondary N) is 2. The van der Waals surface area contributed by atoms with Crippen molar-refractivity contribution in [2.24, 2.45) is 5.73 Å². The predicted molar refractivity (Wildman–Crippen MR) is 69.8 cm³/mol. The Bertz CT molecular complexity index is 614. The van der Waals surface area contributed by atoms with Crippen molar-refractivity contribution >= 4 is 23.5 Å². The lowest BCUT2D eigenvalue weighted by molar-refractivity contribution is -0.117. The highest BCUT2D eigenvalue weighted by molar-refractivity contribution is 7.89. The number of carbonyl (C=O) groups is 1. The summed E-state index contributed by atoms with van der Waals surface area (Å²) in [4.78, 5) is 28.6. The van der Waals surface area contributed by atoms with Crippen molar-refractivity contribution in [2.75, 3.05) is 6.54 Å². The molecule has 6 N–H and O–H groups in total. The van der Waals surface area contributed by atoms with Crippen LogP contribution in [-0.4, -0.2) is 36.6 Å². The van der Waals surface area contributed by atoms with Gasteiger partial charge >= 0.3 is 7.60 Å². The molecule has 0 aliphatic carbocycles. The highest BCUT2D eigenvalue weighted by Gasteiger charge is 2.33. The van der Waals surface area contributed by atoms with Gasteiger partial charge in [-0.1, -0.05) is 18.2 Å². The van der Waals surface area contributed by atoms with Crippen molar-refractivity contribution < 1.29 is 27.6 Å². The fourth-order valence-corrected chi connectivity index (χ4v) is 3.56. The second-order valence-corrected chi connectivity index (χ2v) is 7.18. The lowest BCUT2D eigenvalue weighted by atomic mass is 10.4. The zero-order chi connectivity index (χ0) is 15.4. The number of hydrogen-bond acceptors (Lipinski definition) is 5. The molecule has 1 amide bonds. The van der Waals surface area contributed by atoms with Gasteiger partial charge in [0.05, 0.1) is 11.4 Å². The van der Waals surface area contributed by atoms with Gasteiger partial charge in [0.25, 0.3) is 0 Å². The summed E-state index contributed by atoms with van der Waals surface area (Å²) < 4.78 is 36.8. The minimum atomic E-state index is -4.86. The van der Waals surface area contributed by atoms with Crippen molar-refractivity contribution in [2.45, 2.75) is 10.8 Å². The number of sulfonamides is 1. The van der Waals surface area contributed by atoms with Gasteiger partial charge < -0.3 is 15.5 Å². The molecule has 1 atom stereocenters. The first-order valence-corrected chi connectivity index (χ1v) is 8.44. The van der Waals surface area contributed by atoms with Gasteiger partial charge in [-0.25, -0.2) is 8.42 Å². The smallest absolute Gasteiger partial charge is 0.357 e. The number of hydrogen-bond donors (Lipinski definition) is 5. The SMILES string of the molecule is NC(=O)CNC(NS(=O)(=O)c1ccccc1)P(=O)(O)O. The summed E-state index contributed by atoms with van der Waals surface area (Å²) in [5, 5.41) is 2.06. The first-order chi connectivity index (χ1) is 9.13. The highest BCUT2D eigenvalue weighted by atomic mass is 32.2. The molecule has 0 spiro atoms. The topological polar surface area (TPSA) is 159 Å². The van der Waals surface area contributed by atoms with E-state index in [9.17, 15) is 17.8 Å². The van der Waals surface area contributed by atoms with Gasteiger partial charge in [-0.2, -0.15) is 4.72 Å². The standard InChI is InChI=1S/C9H14N3O6PS/c10-8(13)6-11-9(19(14,15)16)12-20(17,18)7-4-2-1-3-5-7/h1-5,9,11-12H,6H2,(H2,10,13)(H2,14,15,16). The van der Waals surface area contributed by atoms with Crippen molar-refractivity contribution in [3.63, 3.8) is 0 Å². The van der Waals surface area contributed by atoms with Crippen molar-refractivity contribution in [3.8, 4) is 0 Å². The Morgan fingerprint density at radius 2 is 1.85 bits per heavy atom. The van der Waals surface area contributed by atoms with Crippen LogP contribution >= 0.6 is 7.60 Å². The maximum absolute atomic E-state index is 11.9. The van der Waals surface area contributed by atoms with Crippen LogP contribution in [0.5, 0.6) is 0 Å². The molecule has 9 nitrogen and oxygen atoms in total. The molecule has 1 aromatic rings. The van der Waals surface area contributed by atoms with Gasteiger partial charge in [0.2, 0.25) is 15.9 Å². The Balaban J connectivity index is 2.95. The number of amides is 1. The Labute approximate surface area is 115 Å². The van der Waals surface area contributed by atoms with Crippen LogP contribution in [0.2, 0.25) is 0 Å². The van der Waals surface area contributed by atoms with Crippen LogP contribution in [0, 0.1) is 0 Å². The molecule has 112 valence electrons. The van der Waals surface area contributed by atoms with Crippen LogP contribution in [-0.2, 0) is 19.4 Å². The van der Waals surface area contributed by atoms with Crippen molar-refractivity contribution in [3.05, 3.63) is 30.3 Å². The monoisotopic (exact) mass is 323 g/mol. The summed E-state index contributed by atoms with van der Waals surface area (Å²) in [7, 11) is -9.01. The number of carbonyl (C=O) groups excluding carboxylic acids is 1. The normalized spacial score (nSPS) is 13.9. The van der Waals surface area contributed by atoms with Crippen LogP contribution in [0.4, 0.5) is 0 Å². The molecule has 1 unspecified atom stereocenters. The summed E-state index contributed by atoms with van der Waals surface area (Å²) in [5.41, 5.74) is 4.83. The fourth-order valence-electron chi connectivity index (χ4n) is 1.24. The van der Waals surface area contributed by atoms with E-state index in [-0.39, 0.29) is 4.90 Å². The summed E-state index contributed by atoms with van der Waals surface area (Å²) in [6, 6.07) is 7.01. The van der Waals surface area contributed by atoms with Gasteiger partial charge in [0.15, 0.2) is 5.91 Å². The predicted octanol–water partition coefficient (Wildman–Crippen LogP) is -1.50. The van der Waals surface area contributed by atoms with Crippen molar-refractivity contribution in [1.82, 2.24) is 10.0 Å². The third-order valence-electron chi connectivity index (χ3n) is 2.13. The Kier molecular flexibility index (Phi) is 5.40. The van der Waals surface area contributed by atoms with E-state index < -0.39 is 36.0 Å². The van der Waals surface area contributed by atoms with E-state index in [1.54, 1.807) is 10.8 Å². The zero-order valence-electron chi connectivity index (χ0n) is 10.1. The summed E-state index contributed by atoms with van der Waals surface area (Å²) in [6.45, 7) is -0.590. The number of benzene rings is 1. The van der Waals surface area contributed by atoms with E-state index >= 15 is 0 Å². The lowest BCUT2D eigenvalue weighted by Gasteiger charge is -2.20. The van der Waals surface area contributed by atoms with Crippen molar-refractivity contribution in [1.29, 1.82) is 0 Å². The van der Waals surface area contributed by atoms with E-state index in [0.29, 0.717) is 0 Å². The van der Waals surface area contributed by atoms with E-state index in [2.05, 4.69) is 5.32 Å². The van der Waals surface area contributed by atoms with Gasteiger partial charge in [-0.3, -0.25) is 14.7 Å². The van der Waals surface area contributed by atoms with E-state index in [0.717, 1.165) is 0 Å². The third-order valence-corrected chi connectivity index (χ3v) is 4.72. The van der Waals surface area contributed by atoms with Gasteiger partial charge in [-0.15, -0.1) is 0 Å². The summed E-state index contributed by atoms with van der Waals surface area (Å²) >= 11 is 0. The Morgan fingerprint density at radius 3 is 2.30 bits per heavy atom. The molecule has 0 aromatic heterocycles. The molecule has 0 saturated heterocycles. The zero-order valence-corrected chi connectivity index (χ0v) is 11.8. The minimum Gasteiger partial charge on any atom is -0.369 e. The molecule has 11 heteroatoms. The second-order valence-electron chi connectivity index (χ2n) is 3.77. The third kappa shape index (κ3) is 5.00. The van der Waals surface area contributed by atoms with E-state index in [1.807, 2.05) is 0 Å². The van der Waals surface area contributed by atoms with Crippen LogP contribution < -0.4 is 15.8 Å². The molecule has 0 radical (unpaired) electrons. The lowest BCUT2D eigenvalue weighted by Crippen LogP contribution is -2.47. The Hall–Kier alpha value is -1.29. The van der Waals surface area contributed by atoms with Gasteiger partial charge in [0.1, 0.15) is 0 Å². The number of primary amides is 1. The molecule has 0 bridgehead atoms. The average Bonchev–Trinajstić information content (AvgIpc) is 2.34. The van der Waals surface area contributed by atoms with Crippen LogP contribution in [0.15, 0.2) is 35.2 Å². The average molecular weight is 323 g/mol. The van der Waals surface area contributed by atoms with Gasteiger partial charge in [0, 0.05) is 0 Å². The van der Waals surface area contributed by atoms with E-state index in [4.69, 9.17) is 15.5 Å². The highest BCUT2D eigenvalue weighted by Crippen LogP contribution is 2.38. The largest absolute Gasteiger partial charge is 0.369 e. The van der Waals surface area contributed by atoms with Crippen LogP contribution in [0.3, 0.4) is 0 Å². The second kappa shape index (κ2) is 6.44. The molecule has 0 aliphatic rings. The molecular formula is C9H14N3O6PS.